The molecule has 1 amide bonds. The van der Waals surface area contributed by atoms with Crippen LogP contribution in [0.1, 0.15) is 49.7 Å². The van der Waals surface area contributed by atoms with Gasteiger partial charge < -0.3 is 5.32 Å². The zero-order valence-corrected chi connectivity index (χ0v) is 13.6. The average Bonchev–Trinajstić information content (AvgIpc) is 2.93. The average molecular weight is 315 g/mol. The van der Waals surface area contributed by atoms with Crippen LogP contribution >= 0.6 is 22.9 Å². The topological polar surface area (TPSA) is 42.0 Å². The van der Waals surface area contributed by atoms with Crippen molar-refractivity contribution in [1.82, 2.24) is 10.3 Å². The number of amides is 1. The molecule has 1 heterocycles. The Morgan fingerprint density at radius 2 is 2.10 bits per heavy atom. The summed E-state index contributed by atoms with van der Waals surface area (Å²) < 4.78 is 0. The van der Waals surface area contributed by atoms with Crippen LogP contribution in [0.3, 0.4) is 0 Å². The zero-order chi connectivity index (χ0) is 14.4. The third kappa shape index (κ3) is 4.74. The number of nitrogens with one attached hydrogen (secondary N) is 1. The van der Waals surface area contributed by atoms with E-state index in [2.05, 4.69) is 17.2 Å². The van der Waals surface area contributed by atoms with Gasteiger partial charge in [0.15, 0.2) is 0 Å². The Hall–Kier alpha value is -0.610. The minimum Gasteiger partial charge on any atom is -0.355 e. The first-order chi connectivity index (χ1) is 9.71. The Kier molecular flexibility index (Phi) is 6.30. The molecule has 0 aromatic carbocycles. The van der Waals surface area contributed by atoms with Crippen molar-refractivity contribution >= 4 is 28.8 Å². The summed E-state index contributed by atoms with van der Waals surface area (Å²) in [6.45, 7) is 3.10. The molecule has 0 unspecified atom stereocenters. The molecule has 0 spiro atoms. The molecule has 1 fully saturated rings. The number of halogens is 1. The molecule has 3 nitrogen and oxygen atoms in total. The Morgan fingerprint density at radius 3 is 2.70 bits per heavy atom. The summed E-state index contributed by atoms with van der Waals surface area (Å²) in [7, 11) is 0. The highest BCUT2D eigenvalue weighted by Crippen LogP contribution is 2.30. The molecule has 2 rings (SSSR count). The van der Waals surface area contributed by atoms with Gasteiger partial charge in [0.1, 0.15) is 5.01 Å². The third-order valence-corrected chi connectivity index (χ3v) is 5.35. The molecule has 5 heteroatoms. The van der Waals surface area contributed by atoms with E-state index in [0.29, 0.717) is 18.2 Å². The van der Waals surface area contributed by atoms with E-state index in [9.17, 15) is 4.79 Å². The predicted molar refractivity (Wildman–Crippen MR) is 84.1 cm³/mol. The number of aromatic nitrogens is 1. The predicted octanol–water partition coefficient (Wildman–Crippen LogP) is 3.76. The van der Waals surface area contributed by atoms with Gasteiger partial charge in [0.2, 0.25) is 5.91 Å². The molecule has 1 aliphatic carbocycles. The lowest BCUT2D eigenvalue weighted by molar-refractivity contribution is -0.120. The maximum atomic E-state index is 11.9. The van der Waals surface area contributed by atoms with Crippen molar-refractivity contribution in [3.8, 4) is 0 Å². The first-order valence-electron chi connectivity index (χ1n) is 7.47. The van der Waals surface area contributed by atoms with Crippen molar-refractivity contribution in [1.29, 1.82) is 0 Å². The van der Waals surface area contributed by atoms with Crippen molar-refractivity contribution in [2.45, 2.75) is 51.3 Å². The van der Waals surface area contributed by atoms with E-state index in [4.69, 9.17) is 11.6 Å². The van der Waals surface area contributed by atoms with E-state index in [-0.39, 0.29) is 5.91 Å². The molecule has 1 N–H and O–H groups in total. The number of alkyl halides is 1. The van der Waals surface area contributed by atoms with Crippen LogP contribution in [0.25, 0.3) is 0 Å². The number of hydrogen-bond acceptors (Lipinski definition) is 3. The molecule has 0 aliphatic heterocycles. The number of carbonyl (C=O) groups is 1. The molecular formula is C15H23ClN2OS. The first kappa shape index (κ1) is 15.8. The molecule has 1 saturated carbocycles. The van der Waals surface area contributed by atoms with Crippen molar-refractivity contribution in [2.24, 2.45) is 11.8 Å². The van der Waals surface area contributed by atoms with E-state index >= 15 is 0 Å². The lowest BCUT2D eigenvalue weighted by atomic mass is 9.81. The van der Waals surface area contributed by atoms with E-state index in [1.54, 1.807) is 0 Å². The molecule has 0 saturated heterocycles. The van der Waals surface area contributed by atoms with Crippen LogP contribution in [0.5, 0.6) is 0 Å². The van der Waals surface area contributed by atoms with E-state index in [0.717, 1.165) is 23.2 Å². The first-order valence-corrected chi connectivity index (χ1v) is 8.88. The fourth-order valence-electron chi connectivity index (χ4n) is 2.79. The standard InChI is InChI=1S/C15H23ClN2OS/c1-2-11-3-5-12(6-4-11)9-17-14(19)7-15-18-13(8-16)10-20-15/h10-12H,2-9H2,1H3,(H,17,19). The fourth-order valence-corrected chi connectivity index (χ4v) is 3.81. The summed E-state index contributed by atoms with van der Waals surface area (Å²) >= 11 is 7.22. The Balaban J connectivity index is 1.67. The van der Waals surface area contributed by atoms with Gasteiger partial charge in [-0.25, -0.2) is 4.98 Å². The van der Waals surface area contributed by atoms with Gasteiger partial charge in [0.25, 0.3) is 0 Å². The van der Waals surface area contributed by atoms with Crippen LogP contribution in [-0.2, 0) is 17.1 Å². The maximum Gasteiger partial charge on any atom is 0.226 e. The Morgan fingerprint density at radius 1 is 1.40 bits per heavy atom. The minimum absolute atomic E-state index is 0.0816. The quantitative estimate of drug-likeness (QED) is 0.812. The molecule has 1 aromatic rings. The second kappa shape index (κ2) is 7.99. The zero-order valence-electron chi connectivity index (χ0n) is 12.0. The smallest absolute Gasteiger partial charge is 0.226 e. The van der Waals surface area contributed by atoms with Crippen molar-refractivity contribution in [3.05, 3.63) is 16.1 Å². The number of thiazole rings is 1. The summed E-state index contributed by atoms with van der Waals surface area (Å²) in [6.07, 6.45) is 6.84. The largest absolute Gasteiger partial charge is 0.355 e. The molecule has 0 radical (unpaired) electrons. The van der Waals surface area contributed by atoms with Gasteiger partial charge in [-0.3, -0.25) is 4.79 Å². The lowest BCUT2D eigenvalue weighted by Gasteiger charge is -2.27. The van der Waals surface area contributed by atoms with Gasteiger partial charge in [-0.1, -0.05) is 26.2 Å². The maximum absolute atomic E-state index is 11.9. The number of hydrogen-bond donors (Lipinski definition) is 1. The summed E-state index contributed by atoms with van der Waals surface area (Å²) in [5.74, 6) is 2.07. The van der Waals surface area contributed by atoms with Crippen LogP contribution in [-0.4, -0.2) is 17.4 Å². The lowest BCUT2D eigenvalue weighted by Crippen LogP contribution is -2.32. The van der Waals surface area contributed by atoms with Crippen LogP contribution in [0.15, 0.2) is 5.38 Å². The summed E-state index contributed by atoms with van der Waals surface area (Å²) in [5, 5.41) is 5.83. The molecule has 1 aromatic heterocycles. The van der Waals surface area contributed by atoms with Gasteiger partial charge in [-0.05, 0) is 24.7 Å². The van der Waals surface area contributed by atoms with Crippen molar-refractivity contribution in [3.63, 3.8) is 0 Å². The van der Waals surface area contributed by atoms with E-state index in [1.807, 2.05) is 5.38 Å². The van der Waals surface area contributed by atoms with Gasteiger partial charge >= 0.3 is 0 Å². The van der Waals surface area contributed by atoms with Crippen molar-refractivity contribution < 1.29 is 4.79 Å². The number of carbonyl (C=O) groups excluding carboxylic acids is 1. The third-order valence-electron chi connectivity index (χ3n) is 4.18. The van der Waals surface area contributed by atoms with Crippen LogP contribution < -0.4 is 5.32 Å². The monoisotopic (exact) mass is 314 g/mol. The van der Waals surface area contributed by atoms with Gasteiger partial charge in [0.05, 0.1) is 18.0 Å². The van der Waals surface area contributed by atoms with E-state index < -0.39 is 0 Å². The summed E-state index contributed by atoms with van der Waals surface area (Å²) in [5.41, 5.74) is 0.859. The molecule has 20 heavy (non-hydrogen) atoms. The van der Waals surface area contributed by atoms with E-state index in [1.165, 1.54) is 43.4 Å². The van der Waals surface area contributed by atoms with Crippen molar-refractivity contribution in [2.75, 3.05) is 6.54 Å². The molecule has 1 aliphatic rings. The normalized spacial score (nSPS) is 22.7. The van der Waals surface area contributed by atoms with Crippen LogP contribution in [0, 0.1) is 11.8 Å². The number of nitrogens with zero attached hydrogens (tertiary/aromatic N) is 1. The molecule has 112 valence electrons. The van der Waals surface area contributed by atoms with Crippen LogP contribution in [0.2, 0.25) is 0 Å². The highest BCUT2D eigenvalue weighted by atomic mass is 35.5. The summed E-state index contributed by atoms with van der Waals surface area (Å²) in [6, 6.07) is 0. The highest BCUT2D eigenvalue weighted by molar-refractivity contribution is 7.09. The van der Waals surface area contributed by atoms with Gasteiger partial charge in [0, 0.05) is 11.9 Å². The van der Waals surface area contributed by atoms with Gasteiger partial charge in [-0.2, -0.15) is 0 Å². The minimum atomic E-state index is 0.0816. The fraction of sp³-hybridized carbons (Fsp3) is 0.733. The van der Waals surface area contributed by atoms with Gasteiger partial charge in [-0.15, -0.1) is 22.9 Å². The Bertz CT molecular complexity index is 427. The molecule has 0 atom stereocenters. The SMILES string of the molecule is CCC1CCC(CNC(=O)Cc2nc(CCl)cs2)CC1. The molecular weight excluding hydrogens is 292 g/mol. The summed E-state index contributed by atoms with van der Waals surface area (Å²) in [4.78, 5) is 16.2. The number of rotatable bonds is 6. The second-order valence-corrected chi connectivity index (χ2v) is 6.85. The molecule has 0 bridgehead atoms. The Labute approximate surface area is 130 Å². The second-order valence-electron chi connectivity index (χ2n) is 5.64. The highest BCUT2D eigenvalue weighted by Gasteiger charge is 2.20. The van der Waals surface area contributed by atoms with Crippen LogP contribution in [0.4, 0.5) is 0 Å².